The lowest BCUT2D eigenvalue weighted by atomic mass is 10.1. The van der Waals surface area contributed by atoms with Crippen molar-refractivity contribution in [3.05, 3.63) is 66.0 Å². The lowest BCUT2D eigenvalue weighted by Gasteiger charge is -2.14. The third kappa shape index (κ3) is 4.38. The molecule has 136 valence electrons. The molecule has 1 unspecified atom stereocenters. The van der Waals surface area contributed by atoms with E-state index < -0.39 is 11.1 Å². The SMILES string of the molecule is N#Cc1cnn(-c2ccc(NC(=O)Cc3ccc(O)cc3)cc2S(=O)[O-])c1. The van der Waals surface area contributed by atoms with Gasteiger partial charge in [-0.1, -0.05) is 12.1 Å². The fourth-order valence-corrected chi connectivity index (χ4v) is 2.99. The second-order valence-corrected chi connectivity index (χ2v) is 6.50. The minimum atomic E-state index is -2.57. The number of phenolic OH excluding ortho intramolecular Hbond substituents is 1. The number of hydrogen-bond donors (Lipinski definition) is 2. The topological polar surface area (TPSA) is 131 Å². The molecule has 1 atom stereocenters. The van der Waals surface area contributed by atoms with E-state index in [4.69, 9.17) is 5.26 Å². The molecule has 2 aromatic carbocycles. The molecule has 9 heteroatoms. The van der Waals surface area contributed by atoms with E-state index in [0.29, 0.717) is 16.8 Å². The van der Waals surface area contributed by atoms with Gasteiger partial charge in [-0.15, -0.1) is 0 Å². The lowest BCUT2D eigenvalue weighted by Crippen LogP contribution is -2.15. The summed E-state index contributed by atoms with van der Waals surface area (Å²) < 4.78 is 24.5. The minimum Gasteiger partial charge on any atom is -0.768 e. The number of anilines is 1. The Morgan fingerprint density at radius 1 is 1.30 bits per heavy atom. The maximum absolute atomic E-state index is 12.2. The van der Waals surface area contributed by atoms with Crippen molar-refractivity contribution in [3.63, 3.8) is 0 Å². The van der Waals surface area contributed by atoms with Gasteiger partial charge >= 0.3 is 0 Å². The Bertz CT molecular complexity index is 1050. The predicted molar refractivity (Wildman–Crippen MR) is 95.9 cm³/mol. The number of phenols is 1. The molecule has 0 saturated heterocycles. The van der Waals surface area contributed by atoms with Crippen LogP contribution in [0.4, 0.5) is 5.69 Å². The summed E-state index contributed by atoms with van der Waals surface area (Å²) in [6.45, 7) is 0. The summed E-state index contributed by atoms with van der Waals surface area (Å²) in [5.41, 5.74) is 1.58. The van der Waals surface area contributed by atoms with E-state index in [1.165, 1.54) is 41.3 Å². The Hall–Kier alpha value is -3.48. The van der Waals surface area contributed by atoms with Crippen molar-refractivity contribution in [2.45, 2.75) is 11.3 Å². The number of nitriles is 1. The number of nitrogens with zero attached hydrogens (tertiary/aromatic N) is 3. The quantitative estimate of drug-likeness (QED) is 0.649. The highest BCUT2D eigenvalue weighted by atomic mass is 32.2. The Labute approximate surface area is 157 Å². The van der Waals surface area contributed by atoms with E-state index in [9.17, 15) is 18.7 Å². The molecule has 0 saturated carbocycles. The summed E-state index contributed by atoms with van der Waals surface area (Å²) in [7, 11) is 0. The van der Waals surface area contributed by atoms with Crippen LogP contribution in [-0.4, -0.2) is 29.6 Å². The van der Waals surface area contributed by atoms with Gasteiger partial charge in [0.2, 0.25) is 5.91 Å². The summed E-state index contributed by atoms with van der Waals surface area (Å²) >= 11 is -2.57. The average molecular weight is 381 g/mol. The van der Waals surface area contributed by atoms with Gasteiger partial charge in [0.1, 0.15) is 11.8 Å². The van der Waals surface area contributed by atoms with E-state index in [1.54, 1.807) is 18.2 Å². The molecule has 0 aliphatic rings. The third-order valence-electron chi connectivity index (χ3n) is 3.68. The van der Waals surface area contributed by atoms with Crippen molar-refractivity contribution in [2.24, 2.45) is 0 Å². The zero-order chi connectivity index (χ0) is 19.4. The van der Waals surface area contributed by atoms with Crippen LogP contribution in [0.5, 0.6) is 5.75 Å². The highest BCUT2D eigenvalue weighted by Crippen LogP contribution is 2.22. The van der Waals surface area contributed by atoms with Gasteiger partial charge in [0.25, 0.3) is 0 Å². The molecule has 0 radical (unpaired) electrons. The van der Waals surface area contributed by atoms with Crippen LogP contribution in [0.25, 0.3) is 5.69 Å². The molecule has 27 heavy (non-hydrogen) atoms. The fourth-order valence-electron chi connectivity index (χ4n) is 2.43. The van der Waals surface area contributed by atoms with Gasteiger partial charge in [-0.3, -0.25) is 9.00 Å². The first-order chi connectivity index (χ1) is 13.0. The Morgan fingerprint density at radius 3 is 2.67 bits per heavy atom. The second-order valence-electron chi connectivity index (χ2n) is 5.59. The van der Waals surface area contributed by atoms with Crippen molar-refractivity contribution < 1.29 is 18.7 Å². The van der Waals surface area contributed by atoms with Crippen LogP contribution < -0.4 is 5.32 Å². The molecule has 0 bridgehead atoms. The first-order valence-corrected chi connectivity index (χ1v) is 8.80. The van der Waals surface area contributed by atoms with E-state index in [-0.39, 0.29) is 28.7 Å². The molecule has 0 fully saturated rings. The molecule has 0 spiro atoms. The van der Waals surface area contributed by atoms with Crippen LogP contribution in [-0.2, 0) is 22.3 Å². The van der Waals surface area contributed by atoms with Gasteiger partial charge in [-0.05, 0) is 47.0 Å². The minimum absolute atomic E-state index is 0.0648. The molecule has 1 aromatic heterocycles. The smallest absolute Gasteiger partial charge is 0.228 e. The number of carbonyl (C=O) groups is 1. The second kappa shape index (κ2) is 7.82. The number of rotatable bonds is 5. The molecular formula is C18H13N4O4S-. The van der Waals surface area contributed by atoms with Gasteiger partial charge in [0.15, 0.2) is 0 Å². The Morgan fingerprint density at radius 2 is 2.04 bits per heavy atom. The molecule has 0 aliphatic heterocycles. The van der Waals surface area contributed by atoms with Crippen LogP contribution in [0.2, 0.25) is 0 Å². The molecule has 0 aliphatic carbocycles. The lowest BCUT2D eigenvalue weighted by molar-refractivity contribution is -0.115. The number of benzene rings is 2. The van der Waals surface area contributed by atoms with Crippen LogP contribution >= 0.6 is 0 Å². The summed E-state index contributed by atoms with van der Waals surface area (Å²) in [6.07, 6.45) is 2.81. The Balaban J connectivity index is 1.81. The molecular weight excluding hydrogens is 368 g/mol. The maximum Gasteiger partial charge on any atom is 0.228 e. The molecule has 1 amide bonds. The van der Waals surface area contributed by atoms with Crippen molar-refractivity contribution >= 4 is 22.7 Å². The summed E-state index contributed by atoms with van der Waals surface area (Å²) in [6, 6.07) is 12.5. The van der Waals surface area contributed by atoms with E-state index >= 15 is 0 Å². The molecule has 3 rings (SSSR count). The third-order valence-corrected chi connectivity index (χ3v) is 4.37. The van der Waals surface area contributed by atoms with Gasteiger partial charge in [0, 0.05) is 11.9 Å². The Kier molecular flexibility index (Phi) is 5.30. The first kappa shape index (κ1) is 18.3. The number of aromatic nitrogens is 2. The summed E-state index contributed by atoms with van der Waals surface area (Å²) in [5.74, 6) is -0.225. The van der Waals surface area contributed by atoms with Crippen molar-refractivity contribution in [2.75, 3.05) is 5.32 Å². The normalized spacial score (nSPS) is 11.6. The largest absolute Gasteiger partial charge is 0.768 e. The zero-order valence-electron chi connectivity index (χ0n) is 13.8. The average Bonchev–Trinajstić information content (AvgIpc) is 3.12. The van der Waals surface area contributed by atoms with Crippen molar-refractivity contribution in [1.29, 1.82) is 5.26 Å². The van der Waals surface area contributed by atoms with Crippen molar-refractivity contribution in [1.82, 2.24) is 9.78 Å². The van der Waals surface area contributed by atoms with Gasteiger partial charge < -0.3 is 15.0 Å². The highest BCUT2D eigenvalue weighted by molar-refractivity contribution is 7.79. The molecule has 2 N–H and O–H groups in total. The van der Waals surface area contributed by atoms with E-state index in [1.807, 2.05) is 6.07 Å². The van der Waals surface area contributed by atoms with E-state index in [2.05, 4.69) is 10.4 Å². The number of hydrogen-bond acceptors (Lipinski definition) is 6. The fraction of sp³-hybridized carbons (Fsp3) is 0.0556. The first-order valence-electron chi connectivity index (χ1n) is 7.72. The maximum atomic E-state index is 12.2. The number of aromatic hydroxyl groups is 1. The highest BCUT2D eigenvalue weighted by Gasteiger charge is 2.11. The van der Waals surface area contributed by atoms with Crippen molar-refractivity contribution in [3.8, 4) is 17.5 Å². The van der Waals surface area contributed by atoms with E-state index in [0.717, 1.165) is 0 Å². The summed E-state index contributed by atoms with van der Waals surface area (Å²) in [4.78, 5) is 12.1. The number of nitrogens with one attached hydrogen (secondary N) is 1. The number of amides is 1. The molecule has 8 nitrogen and oxygen atoms in total. The van der Waals surface area contributed by atoms with Gasteiger partial charge in [-0.2, -0.15) is 10.4 Å². The monoisotopic (exact) mass is 381 g/mol. The van der Waals surface area contributed by atoms with Crippen LogP contribution in [0.3, 0.4) is 0 Å². The number of carbonyl (C=O) groups excluding carboxylic acids is 1. The van der Waals surface area contributed by atoms with Crippen LogP contribution in [0.1, 0.15) is 11.1 Å². The zero-order valence-corrected chi connectivity index (χ0v) is 14.6. The predicted octanol–water partition coefficient (Wildman–Crippen LogP) is 1.87. The van der Waals surface area contributed by atoms with Gasteiger partial charge in [-0.25, -0.2) is 4.68 Å². The molecule has 3 aromatic rings. The standard InChI is InChI=1S/C18H14N4O4S/c19-9-13-10-20-22(11-13)16-6-3-14(8-17(16)27(25)26)21-18(24)7-12-1-4-15(23)5-2-12/h1-6,8,10-11,23H,7H2,(H,21,24)(H,25,26)/p-1. The summed E-state index contributed by atoms with van der Waals surface area (Å²) in [5, 5.41) is 24.7. The van der Waals surface area contributed by atoms with Crippen LogP contribution in [0.15, 0.2) is 59.8 Å². The van der Waals surface area contributed by atoms with Gasteiger partial charge in [0.05, 0.1) is 28.8 Å². The van der Waals surface area contributed by atoms with Crippen LogP contribution in [0, 0.1) is 11.3 Å². The molecule has 1 heterocycles.